The monoisotopic (exact) mass is 468 g/mol. The highest BCUT2D eigenvalue weighted by Crippen LogP contribution is 2.32. The molecule has 1 aliphatic carbocycles. The molecular formula is C25H29ClN4O3. The van der Waals surface area contributed by atoms with Gasteiger partial charge in [0, 0.05) is 29.1 Å². The van der Waals surface area contributed by atoms with Crippen molar-refractivity contribution in [2.75, 3.05) is 11.1 Å². The number of aliphatic hydroxyl groups excluding tert-OH is 1. The highest BCUT2D eigenvalue weighted by atomic mass is 35.5. The molecule has 2 amide bonds. The van der Waals surface area contributed by atoms with Crippen molar-refractivity contribution in [2.45, 2.75) is 52.2 Å². The number of nitrogens with one attached hydrogen (secondary N) is 2. The summed E-state index contributed by atoms with van der Waals surface area (Å²) in [6.45, 7) is 5.77. The molecule has 174 valence electrons. The van der Waals surface area contributed by atoms with Crippen LogP contribution in [0.25, 0.3) is 11.1 Å². The average molecular weight is 469 g/mol. The molecule has 3 rings (SSSR count). The van der Waals surface area contributed by atoms with Crippen molar-refractivity contribution in [1.29, 1.82) is 0 Å². The van der Waals surface area contributed by atoms with Crippen LogP contribution in [0.2, 0.25) is 5.02 Å². The first-order chi connectivity index (χ1) is 15.7. The molecular weight excluding hydrogens is 440 g/mol. The zero-order valence-electron chi connectivity index (χ0n) is 19.0. The Hall–Kier alpha value is -3.16. The fourth-order valence-corrected chi connectivity index (χ4v) is 3.88. The van der Waals surface area contributed by atoms with Crippen molar-refractivity contribution in [3.05, 3.63) is 64.3 Å². The molecule has 0 fully saturated rings. The number of amides is 2. The standard InChI is InChI=1S/C25H29ClN4O3/c1-4-15-6-5-7-16(10-15)22(31)25(33)30-18-8-9-19(21(26)12-18)17-11-20(23(27)28-13-17)24(32)29-14(2)3/h7-14,22,31H,4-6H2,1-3H3,(H2,27,28)(H,29,32)(H,30,33). The van der Waals surface area contributed by atoms with E-state index in [-0.39, 0.29) is 23.3 Å². The fourth-order valence-electron chi connectivity index (χ4n) is 3.59. The molecule has 1 aromatic heterocycles. The molecule has 1 unspecified atom stereocenters. The molecule has 1 heterocycles. The van der Waals surface area contributed by atoms with Crippen molar-refractivity contribution >= 4 is 34.9 Å². The summed E-state index contributed by atoms with van der Waals surface area (Å²) < 4.78 is 0. The molecule has 1 atom stereocenters. The van der Waals surface area contributed by atoms with E-state index in [2.05, 4.69) is 22.5 Å². The van der Waals surface area contributed by atoms with Crippen molar-refractivity contribution in [2.24, 2.45) is 0 Å². The minimum atomic E-state index is -1.26. The largest absolute Gasteiger partial charge is 0.383 e. The third-order valence-electron chi connectivity index (χ3n) is 5.37. The van der Waals surface area contributed by atoms with Crippen LogP contribution in [0.1, 0.15) is 50.4 Å². The van der Waals surface area contributed by atoms with Crippen molar-refractivity contribution in [3.63, 3.8) is 0 Å². The quantitative estimate of drug-likeness (QED) is 0.478. The van der Waals surface area contributed by atoms with E-state index in [1.807, 2.05) is 26.0 Å². The fraction of sp³-hybridized carbons (Fsp3) is 0.320. The lowest BCUT2D eigenvalue weighted by Gasteiger charge is -2.18. The highest BCUT2D eigenvalue weighted by molar-refractivity contribution is 6.33. The number of carbonyl (C=O) groups excluding carboxylic acids is 2. The summed E-state index contributed by atoms with van der Waals surface area (Å²) in [6.07, 6.45) is 6.72. The number of allylic oxidation sites excluding steroid dienone is 2. The number of pyridine rings is 1. The Labute approximate surface area is 198 Å². The normalized spacial score (nSPS) is 14.4. The van der Waals surface area contributed by atoms with E-state index in [9.17, 15) is 14.7 Å². The first-order valence-electron chi connectivity index (χ1n) is 10.9. The van der Waals surface area contributed by atoms with Gasteiger partial charge in [0.2, 0.25) is 0 Å². The summed E-state index contributed by atoms with van der Waals surface area (Å²) in [6, 6.07) is 6.58. The molecule has 0 radical (unpaired) electrons. The van der Waals surface area contributed by atoms with Crippen molar-refractivity contribution < 1.29 is 14.7 Å². The molecule has 1 aliphatic rings. The van der Waals surface area contributed by atoms with Crippen LogP contribution in [0.4, 0.5) is 11.5 Å². The summed E-state index contributed by atoms with van der Waals surface area (Å²) in [4.78, 5) is 29.1. The number of aromatic nitrogens is 1. The number of halogens is 1. The second-order valence-electron chi connectivity index (χ2n) is 8.27. The maximum absolute atomic E-state index is 12.6. The van der Waals surface area contributed by atoms with E-state index in [4.69, 9.17) is 17.3 Å². The Kier molecular flexibility index (Phi) is 7.89. The van der Waals surface area contributed by atoms with Crippen LogP contribution < -0.4 is 16.4 Å². The van der Waals surface area contributed by atoms with Gasteiger partial charge in [-0.15, -0.1) is 0 Å². The van der Waals surface area contributed by atoms with E-state index < -0.39 is 12.0 Å². The number of carbonyl (C=O) groups is 2. The van der Waals surface area contributed by atoms with Gasteiger partial charge in [-0.05, 0) is 56.9 Å². The van der Waals surface area contributed by atoms with E-state index in [0.29, 0.717) is 27.4 Å². The molecule has 0 bridgehead atoms. The van der Waals surface area contributed by atoms with Crippen LogP contribution in [0.5, 0.6) is 0 Å². The lowest BCUT2D eigenvalue weighted by atomic mass is 9.94. The van der Waals surface area contributed by atoms with Gasteiger partial charge in [0.25, 0.3) is 11.8 Å². The Bertz CT molecular complexity index is 1120. The Balaban J connectivity index is 1.78. The topological polar surface area (TPSA) is 117 Å². The Morgan fingerprint density at radius 3 is 2.70 bits per heavy atom. The second kappa shape index (κ2) is 10.6. The first kappa shape index (κ1) is 24.5. The number of rotatable bonds is 7. The van der Waals surface area contributed by atoms with Gasteiger partial charge in [-0.25, -0.2) is 4.98 Å². The highest BCUT2D eigenvalue weighted by Gasteiger charge is 2.21. The molecule has 0 saturated heterocycles. The number of nitrogens with zero attached hydrogens (tertiary/aromatic N) is 1. The van der Waals surface area contributed by atoms with Crippen molar-refractivity contribution in [3.8, 4) is 11.1 Å². The number of anilines is 2. The SMILES string of the molecule is CCC1=CC(C(O)C(=O)Nc2ccc(-c3cnc(N)c(C(=O)NC(C)C)c3)c(Cl)c2)=CCC1. The maximum atomic E-state index is 12.6. The van der Waals surface area contributed by atoms with Gasteiger partial charge < -0.3 is 21.5 Å². The predicted molar refractivity (Wildman–Crippen MR) is 132 cm³/mol. The molecule has 2 aromatic rings. The molecule has 0 spiro atoms. The van der Waals surface area contributed by atoms with Crippen LogP contribution in [0.15, 0.2) is 53.8 Å². The number of hydrogen-bond donors (Lipinski definition) is 4. The zero-order chi connectivity index (χ0) is 24.1. The first-order valence-corrected chi connectivity index (χ1v) is 11.3. The molecule has 1 aromatic carbocycles. The van der Waals surface area contributed by atoms with Gasteiger partial charge in [0.05, 0.1) is 10.6 Å². The number of benzene rings is 1. The summed E-state index contributed by atoms with van der Waals surface area (Å²) >= 11 is 6.48. The predicted octanol–water partition coefficient (Wildman–Crippen LogP) is 4.48. The number of nitrogens with two attached hydrogens (primary N) is 1. The third-order valence-corrected chi connectivity index (χ3v) is 5.68. The van der Waals surface area contributed by atoms with E-state index >= 15 is 0 Å². The van der Waals surface area contributed by atoms with Gasteiger partial charge in [0.15, 0.2) is 6.10 Å². The van der Waals surface area contributed by atoms with Crippen LogP contribution >= 0.6 is 11.6 Å². The summed E-state index contributed by atoms with van der Waals surface area (Å²) in [5.74, 6) is -0.716. The molecule has 33 heavy (non-hydrogen) atoms. The Morgan fingerprint density at radius 2 is 2.03 bits per heavy atom. The van der Waals surface area contributed by atoms with Crippen LogP contribution in [-0.4, -0.2) is 34.1 Å². The molecule has 0 aliphatic heterocycles. The van der Waals surface area contributed by atoms with Crippen LogP contribution in [0.3, 0.4) is 0 Å². The second-order valence-corrected chi connectivity index (χ2v) is 8.68. The minimum Gasteiger partial charge on any atom is -0.383 e. The lowest BCUT2D eigenvalue weighted by Crippen LogP contribution is -2.30. The third kappa shape index (κ3) is 6.00. The van der Waals surface area contributed by atoms with Gasteiger partial charge >= 0.3 is 0 Å². The van der Waals surface area contributed by atoms with Crippen molar-refractivity contribution in [1.82, 2.24) is 10.3 Å². The molecule has 8 heteroatoms. The number of aliphatic hydroxyl groups is 1. The van der Waals surface area contributed by atoms with Crippen LogP contribution in [0, 0.1) is 0 Å². The molecule has 0 saturated carbocycles. The molecule has 5 N–H and O–H groups in total. The number of nitrogen functional groups attached to an aromatic ring is 1. The Morgan fingerprint density at radius 1 is 1.27 bits per heavy atom. The lowest BCUT2D eigenvalue weighted by molar-refractivity contribution is -0.122. The smallest absolute Gasteiger partial charge is 0.257 e. The minimum absolute atomic E-state index is 0.0455. The van der Waals surface area contributed by atoms with E-state index in [0.717, 1.165) is 19.3 Å². The average Bonchev–Trinajstić information content (AvgIpc) is 2.78. The van der Waals surface area contributed by atoms with Crippen LogP contribution in [-0.2, 0) is 4.79 Å². The van der Waals surface area contributed by atoms with Gasteiger partial charge in [-0.2, -0.15) is 0 Å². The zero-order valence-corrected chi connectivity index (χ0v) is 19.7. The summed E-state index contributed by atoms with van der Waals surface area (Å²) in [7, 11) is 0. The van der Waals surface area contributed by atoms with Gasteiger partial charge in [-0.3, -0.25) is 9.59 Å². The van der Waals surface area contributed by atoms with Gasteiger partial charge in [-0.1, -0.05) is 42.3 Å². The van der Waals surface area contributed by atoms with E-state index in [1.165, 1.54) is 11.8 Å². The van der Waals surface area contributed by atoms with Gasteiger partial charge in [0.1, 0.15) is 5.82 Å². The maximum Gasteiger partial charge on any atom is 0.257 e. The summed E-state index contributed by atoms with van der Waals surface area (Å²) in [5, 5.41) is 16.3. The summed E-state index contributed by atoms with van der Waals surface area (Å²) in [5.41, 5.74) is 9.67. The number of hydrogen-bond acceptors (Lipinski definition) is 5. The van der Waals surface area contributed by atoms with E-state index in [1.54, 1.807) is 24.3 Å². The molecule has 7 nitrogen and oxygen atoms in total.